The molecule has 6 heteroatoms. The second-order valence-electron chi connectivity index (χ2n) is 6.44. The van der Waals surface area contributed by atoms with Crippen molar-refractivity contribution >= 4 is 17.1 Å². The fraction of sp³-hybridized carbons (Fsp3) is 0.182. The smallest absolute Gasteiger partial charge is 0.298 e. The lowest BCUT2D eigenvalue weighted by molar-refractivity contribution is 0.462. The number of benzene rings is 2. The van der Waals surface area contributed by atoms with Gasteiger partial charge in [0.25, 0.3) is 6.01 Å². The van der Waals surface area contributed by atoms with Crippen molar-refractivity contribution in [3.8, 4) is 11.6 Å². The predicted molar refractivity (Wildman–Crippen MR) is 109 cm³/mol. The van der Waals surface area contributed by atoms with Crippen LogP contribution in [0.2, 0.25) is 0 Å². The third-order valence-corrected chi connectivity index (χ3v) is 4.34. The van der Waals surface area contributed by atoms with Crippen LogP contribution in [0, 0.1) is 0 Å². The van der Waals surface area contributed by atoms with Crippen molar-refractivity contribution < 1.29 is 9.15 Å². The Morgan fingerprint density at radius 1 is 0.964 bits per heavy atom. The molecule has 6 nitrogen and oxygen atoms in total. The van der Waals surface area contributed by atoms with E-state index in [0.29, 0.717) is 25.0 Å². The van der Waals surface area contributed by atoms with Gasteiger partial charge in [0.15, 0.2) is 5.58 Å². The van der Waals surface area contributed by atoms with Crippen molar-refractivity contribution in [1.29, 1.82) is 0 Å². The Morgan fingerprint density at radius 3 is 2.54 bits per heavy atom. The van der Waals surface area contributed by atoms with Crippen LogP contribution in [-0.4, -0.2) is 23.1 Å². The van der Waals surface area contributed by atoms with Gasteiger partial charge in [-0.05, 0) is 48.9 Å². The Labute approximate surface area is 163 Å². The minimum Gasteiger partial charge on any atom is -0.439 e. The fourth-order valence-corrected chi connectivity index (χ4v) is 2.93. The number of nitrogens with two attached hydrogens (primary N) is 1. The highest BCUT2D eigenvalue weighted by Gasteiger charge is 2.14. The van der Waals surface area contributed by atoms with Gasteiger partial charge in [-0.15, -0.1) is 0 Å². The van der Waals surface area contributed by atoms with Crippen LogP contribution in [0.4, 0.5) is 6.01 Å². The van der Waals surface area contributed by atoms with Gasteiger partial charge in [-0.2, -0.15) is 4.98 Å². The molecule has 0 amide bonds. The zero-order valence-corrected chi connectivity index (χ0v) is 15.5. The number of rotatable bonds is 8. The first kappa shape index (κ1) is 18.0. The number of hydrogen-bond acceptors (Lipinski definition) is 6. The minimum atomic E-state index is 0.575. The zero-order chi connectivity index (χ0) is 19.2. The molecule has 0 atom stereocenters. The van der Waals surface area contributed by atoms with E-state index in [2.05, 4.69) is 14.9 Å². The molecule has 0 aliphatic carbocycles. The number of ether oxygens (including phenoxy) is 1. The lowest BCUT2D eigenvalue weighted by Crippen LogP contribution is -2.25. The SMILES string of the molecule is NCCCN(Cc1ccc(Oc2ccccn2)cc1)c1nc2ccccc2o1. The van der Waals surface area contributed by atoms with Crippen molar-refractivity contribution in [2.45, 2.75) is 13.0 Å². The molecule has 142 valence electrons. The molecule has 0 radical (unpaired) electrons. The predicted octanol–water partition coefficient (Wildman–Crippen LogP) is 4.37. The third-order valence-electron chi connectivity index (χ3n) is 4.34. The summed E-state index contributed by atoms with van der Waals surface area (Å²) in [5.74, 6) is 1.32. The van der Waals surface area contributed by atoms with E-state index in [1.54, 1.807) is 6.20 Å². The maximum Gasteiger partial charge on any atom is 0.298 e. The molecule has 4 rings (SSSR count). The summed E-state index contributed by atoms with van der Waals surface area (Å²) >= 11 is 0. The summed E-state index contributed by atoms with van der Waals surface area (Å²) in [7, 11) is 0. The van der Waals surface area contributed by atoms with Gasteiger partial charge < -0.3 is 19.8 Å². The van der Waals surface area contributed by atoms with Gasteiger partial charge in [-0.1, -0.05) is 30.3 Å². The third kappa shape index (κ3) is 4.29. The molecule has 2 aromatic heterocycles. The molecular weight excluding hydrogens is 352 g/mol. The summed E-state index contributed by atoms with van der Waals surface area (Å²) in [6, 6.07) is 21.9. The average Bonchev–Trinajstić information content (AvgIpc) is 3.17. The number of nitrogens with zero attached hydrogens (tertiary/aromatic N) is 3. The van der Waals surface area contributed by atoms with E-state index >= 15 is 0 Å². The monoisotopic (exact) mass is 374 g/mol. The standard InChI is InChI=1S/C22H22N4O2/c23-13-5-15-26(22-25-19-6-1-2-7-20(19)28-22)16-17-9-11-18(12-10-17)27-21-8-3-4-14-24-21/h1-4,6-12,14H,5,13,15-16,23H2. The summed E-state index contributed by atoms with van der Waals surface area (Å²) in [6.45, 7) is 2.07. The number of pyridine rings is 1. The van der Waals surface area contributed by atoms with Gasteiger partial charge in [-0.25, -0.2) is 4.98 Å². The van der Waals surface area contributed by atoms with E-state index in [9.17, 15) is 0 Å². The second-order valence-corrected chi connectivity index (χ2v) is 6.44. The largest absolute Gasteiger partial charge is 0.439 e. The molecule has 2 heterocycles. The van der Waals surface area contributed by atoms with Crippen LogP contribution in [0.15, 0.2) is 77.3 Å². The lowest BCUT2D eigenvalue weighted by Gasteiger charge is -2.20. The van der Waals surface area contributed by atoms with Gasteiger partial charge in [0.2, 0.25) is 5.88 Å². The maximum absolute atomic E-state index is 5.94. The molecule has 2 N–H and O–H groups in total. The number of para-hydroxylation sites is 2. The number of hydrogen-bond donors (Lipinski definition) is 1. The first-order valence-corrected chi connectivity index (χ1v) is 9.30. The van der Waals surface area contributed by atoms with E-state index in [1.807, 2.05) is 66.7 Å². The Kier molecular flexibility index (Phi) is 5.49. The number of fused-ring (bicyclic) bond motifs is 1. The fourth-order valence-electron chi connectivity index (χ4n) is 2.93. The Morgan fingerprint density at radius 2 is 1.79 bits per heavy atom. The summed E-state index contributed by atoms with van der Waals surface area (Å²) in [4.78, 5) is 10.9. The molecular formula is C22H22N4O2. The summed E-state index contributed by atoms with van der Waals surface area (Å²) in [5, 5.41) is 0. The van der Waals surface area contributed by atoms with E-state index < -0.39 is 0 Å². The highest BCUT2D eigenvalue weighted by Crippen LogP contribution is 2.24. The Hall–Kier alpha value is -3.38. The molecule has 4 aromatic rings. The number of aromatic nitrogens is 2. The van der Waals surface area contributed by atoms with E-state index in [1.165, 1.54) is 0 Å². The van der Waals surface area contributed by atoms with Crippen LogP contribution in [0.5, 0.6) is 11.6 Å². The molecule has 0 bridgehead atoms. The molecule has 0 saturated carbocycles. The van der Waals surface area contributed by atoms with Gasteiger partial charge in [0.05, 0.1) is 0 Å². The van der Waals surface area contributed by atoms with Crippen LogP contribution < -0.4 is 15.4 Å². The van der Waals surface area contributed by atoms with Crippen molar-refractivity contribution in [1.82, 2.24) is 9.97 Å². The molecule has 0 unspecified atom stereocenters. The average molecular weight is 374 g/mol. The van der Waals surface area contributed by atoms with Gasteiger partial charge in [0, 0.05) is 25.4 Å². The maximum atomic E-state index is 5.94. The Balaban J connectivity index is 1.50. The molecule has 0 aliphatic rings. The van der Waals surface area contributed by atoms with Crippen LogP contribution in [0.25, 0.3) is 11.1 Å². The summed E-state index contributed by atoms with van der Waals surface area (Å²) in [5.41, 5.74) is 8.49. The van der Waals surface area contributed by atoms with Crippen LogP contribution >= 0.6 is 0 Å². The van der Waals surface area contributed by atoms with Crippen LogP contribution in [0.3, 0.4) is 0 Å². The van der Waals surface area contributed by atoms with Crippen molar-refractivity contribution in [3.63, 3.8) is 0 Å². The lowest BCUT2D eigenvalue weighted by atomic mass is 10.2. The molecule has 0 saturated heterocycles. The van der Waals surface area contributed by atoms with E-state index in [-0.39, 0.29) is 0 Å². The summed E-state index contributed by atoms with van der Waals surface area (Å²) in [6.07, 6.45) is 2.57. The summed E-state index contributed by atoms with van der Waals surface area (Å²) < 4.78 is 11.7. The highest BCUT2D eigenvalue weighted by atomic mass is 16.5. The van der Waals surface area contributed by atoms with Crippen molar-refractivity contribution in [2.75, 3.05) is 18.0 Å². The number of oxazole rings is 1. The zero-order valence-electron chi connectivity index (χ0n) is 15.5. The highest BCUT2D eigenvalue weighted by molar-refractivity contribution is 5.74. The second kappa shape index (κ2) is 8.54. The van der Waals surface area contributed by atoms with Crippen molar-refractivity contribution in [3.05, 3.63) is 78.5 Å². The molecule has 28 heavy (non-hydrogen) atoms. The van der Waals surface area contributed by atoms with E-state index in [4.69, 9.17) is 14.9 Å². The minimum absolute atomic E-state index is 0.575. The molecule has 0 aliphatic heterocycles. The molecule has 0 spiro atoms. The van der Waals surface area contributed by atoms with Crippen LogP contribution in [0.1, 0.15) is 12.0 Å². The molecule has 0 fully saturated rings. The van der Waals surface area contributed by atoms with Gasteiger partial charge in [-0.3, -0.25) is 0 Å². The first-order valence-electron chi connectivity index (χ1n) is 9.30. The quantitative estimate of drug-likeness (QED) is 0.493. The van der Waals surface area contributed by atoms with Crippen molar-refractivity contribution in [2.24, 2.45) is 5.73 Å². The normalized spacial score (nSPS) is 10.9. The topological polar surface area (TPSA) is 77.4 Å². The van der Waals surface area contributed by atoms with Gasteiger partial charge in [0.1, 0.15) is 11.3 Å². The molecule has 2 aromatic carbocycles. The van der Waals surface area contributed by atoms with Crippen LogP contribution in [-0.2, 0) is 6.54 Å². The van der Waals surface area contributed by atoms with E-state index in [0.717, 1.165) is 35.4 Å². The first-order chi connectivity index (χ1) is 13.8. The number of anilines is 1. The Bertz CT molecular complexity index is 983. The van der Waals surface area contributed by atoms with Gasteiger partial charge >= 0.3 is 0 Å².